The number of anilines is 2. The molecule has 0 amide bonds. The van der Waals surface area contributed by atoms with E-state index in [-0.39, 0.29) is 5.56 Å². The topological polar surface area (TPSA) is 56.6 Å². The number of aryl methyl sites for hydroxylation is 1. The lowest BCUT2D eigenvalue weighted by molar-refractivity contribution is 0.134. The van der Waals surface area contributed by atoms with E-state index in [1.165, 1.54) is 16.8 Å². The summed E-state index contributed by atoms with van der Waals surface area (Å²) in [4.78, 5) is 24.7. The van der Waals surface area contributed by atoms with E-state index in [0.717, 1.165) is 62.5 Å². The molecule has 0 radical (unpaired) electrons. The van der Waals surface area contributed by atoms with Crippen molar-refractivity contribution in [3.05, 3.63) is 64.1 Å². The van der Waals surface area contributed by atoms with Gasteiger partial charge in [0.05, 0.1) is 11.7 Å². The normalized spacial score (nSPS) is 23.4. The van der Waals surface area contributed by atoms with Gasteiger partial charge in [-0.25, -0.2) is 4.98 Å². The van der Waals surface area contributed by atoms with Crippen molar-refractivity contribution in [3.63, 3.8) is 0 Å². The van der Waals surface area contributed by atoms with Gasteiger partial charge in [-0.3, -0.25) is 14.3 Å². The van der Waals surface area contributed by atoms with E-state index >= 15 is 0 Å². The Morgan fingerprint density at radius 2 is 1.91 bits per heavy atom. The van der Waals surface area contributed by atoms with Gasteiger partial charge in [-0.2, -0.15) is 0 Å². The molecule has 0 unspecified atom stereocenters. The second kappa shape index (κ2) is 7.60. The molecule has 0 bridgehead atoms. The summed E-state index contributed by atoms with van der Waals surface area (Å²) in [6.45, 7) is 9.36. The maximum absolute atomic E-state index is 12.7. The first kappa shape index (κ1) is 19.8. The van der Waals surface area contributed by atoms with Crippen LogP contribution in [0.15, 0.2) is 47.4 Å². The second-order valence-corrected chi connectivity index (χ2v) is 9.36. The van der Waals surface area contributed by atoms with Gasteiger partial charge in [0, 0.05) is 82.2 Å². The highest BCUT2D eigenvalue weighted by Gasteiger charge is 2.39. The van der Waals surface area contributed by atoms with Crippen LogP contribution in [0.5, 0.6) is 0 Å². The van der Waals surface area contributed by atoms with E-state index < -0.39 is 0 Å². The highest BCUT2D eigenvalue weighted by atomic mass is 16.1. The zero-order chi connectivity index (χ0) is 21.8. The summed E-state index contributed by atoms with van der Waals surface area (Å²) in [6, 6.07) is 13.6. The smallest absolute Gasteiger partial charge is 0.253 e. The van der Waals surface area contributed by atoms with Crippen LogP contribution in [0, 0.1) is 0 Å². The minimum Gasteiger partial charge on any atom is -0.369 e. The summed E-state index contributed by atoms with van der Waals surface area (Å²) < 4.78 is 1.64. The van der Waals surface area contributed by atoms with Crippen molar-refractivity contribution in [2.75, 3.05) is 49.1 Å². The lowest BCUT2D eigenvalue weighted by Gasteiger charge is -2.43. The summed E-state index contributed by atoms with van der Waals surface area (Å²) in [6.07, 6.45) is 1.76. The average molecular weight is 431 g/mol. The van der Waals surface area contributed by atoms with Crippen LogP contribution in [0.1, 0.15) is 24.1 Å². The summed E-state index contributed by atoms with van der Waals surface area (Å²) in [5.41, 5.74) is 5.99. The Morgan fingerprint density at radius 1 is 1.06 bits per heavy atom. The number of nitrogens with zero attached hydrogens (tertiary/aromatic N) is 5. The standard InChI is InChI=1S/C25H30N6O/c1-17-14-30(22-13-24(32)28(2)25-21(22)4-3-7-27-25)16-23-20-6-5-19(12-18(20)15-31(17)23)29-10-8-26-9-11-29/h3-7,12-13,17,23,26H,8-11,14-16H2,1-2H3/t17-,23-/m1/s1. The van der Waals surface area contributed by atoms with E-state index in [1.54, 1.807) is 23.9 Å². The molecule has 166 valence electrons. The van der Waals surface area contributed by atoms with Gasteiger partial charge in [0.25, 0.3) is 5.56 Å². The number of pyridine rings is 2. The molecule has 7 heteroatoms. The van der Waals surface area contributed by atoms with Crippen LogP contribution in [0.3, 0.4) is 0 Å². The fourth-order valence-corrected chi connectivity index (χ4v) is 5.75. The highest BCUT2D eigenvalue weighted by Crippen LogP contribution is 2.41. The van der Waals surface area contributed by atoms with Gasteiger partial charge in [0.15, 0.2) is 0 Å². The molecule has 1 aromatic carbocycles. The van der Waals surface area contributed by atoms with Crippen molar-refractivity contribution in [2.24, 2.45) is 7.05 Å². The van der Waals surface area contributed by atoms with E-state index in [4.69, 9.17) is 0 Å². The number of benzene rings is 1. The Balaban J connectivity index is 1.35. The van der Waals surface area contributed by atoms with E-state index in [9.17, 15) is 4.79 Å². The molecular formula is C25H30N6O. The van der Waals surface area contributed by atoms with Gasteiger partial charge in [0.1, 0.15) is 5.65 Å². The largest absolute Gasteiger partial charge is 0.369 e. The van der Waals surface area contributed by atoms with E-state index in [1.807, 2.05) is 6.07 Å². The molecule has 2 aromatic heterocycles. The first-order chi connectivity index (χ1) is 15.6. The summed E-state index contributed by atoms with van der Waals surface area (Å²) in [5.74, 6) is 0. The Hall–Kier alpha value is -2.90. The molecule has 5 heterocycles. The fraction of sp³-hybridized carbons (Fsp3) is 0.440. The first-order valence-corrected chi connectivity index (χ1v) is 11.6. The summed E-state index contributed by atoms with van der Waals surface area (Å²) >= 11 is 0. The van der Waals surface area contributed by atoms with Crippen molar-refractivity contribution in [2.45, 2.75) is 25.6 Å². The van der Waals surface area contributed by atoms with Crippen molar-refractivity contribution in [3.8, 4) is 0 Å². The van der Waals surface area contributed by atoms with Crippen molar-refractivity contribution in [1.82, 2.24) is 19.8 Å². The third-order valence-corrected chi connectivity index (χ3v) is 7.48. The van der Waals surface area contributed by atoms with Gasteiger partial charge >= 0.3 is 0 Å². The Morgan fingerprint density at radius 3 is 2.75 bits per heavy atom. The van der Waals surface area contributed by atoms with E-state index in [2.05, 4.69) is 56.2 Å². The third-order valence-electron chi connectivity index (χ3n) is 7.48. The van der Waals surface area contributed by atoms with Crippen LogP contribution >= 0.6 is 0 Å². The zero-order valence-corrected chi connectivity index (χ0v) is 18.8. The summed E-state index contributed by atoms with van der Waals surface area (Å²) in [5, 5.41) is 4.48. The minimum absolute atomic E-state index is 0.00577. The van der Waals surface area contributed by atoms with Gasteiger partial charge in [-0.1, -0.05) is 6.07 Å². The van der Waals surface area contributed by atoms with Crippen LogP contribution in [0.4, 0.5) is 11.4 Å². The van der Waals surface area contributed by atoms with Crippen LogP contribution in [-0.4, -0.2) is 59.8 Å². The van der Waals surface area contributed by atoms with Gasteiger partial charge in [-0.15, -0.1) is 0 Å². The number of hydrogen-bond donors (Lipinski definition) is 1. The monoisotopic (exact) mass is 430 g/mol. The number of fused-ring (bicyclic) bond motifs is 4. The van der Waals surface area contributed by atoms with Crippen molar-refractivity contribution < 1.29 is 0 Å². The maximum Gasteiger partial charge on any atom is 0.253 e. The third kappa shape index (κ3) is 3.11. The van der Waals surface area contributed by atoms with Crippen molar-refractivity contribution >= 4 is 22.4 Å². The molecule has 0 aliphatic carbocycles. The van der Waals surface area contributed by atoms with Gasteiger partial charge in [0.2, 0.25) is 0 Å². The number of rotatable bonds is 2. The van der Waals surface area contributed by atoms with E-state index in [0.29, 0.717) is 12.1 Å². The SMILES string of the molecule is C[C@@H]1CN(c2cc(=O)n(C)c3ncccc23)C[C@@H]2c3ccc(N4CCNCC4)cc3CN12. The van der Waals surface area contributed by atoms with Crippen molar-refractivity contribution in [1.29, 1.82) is 0 Å². The first-order valence-electron chi connectivity index (χ1n) is 11.6. The molecule has 2 saturated heterocycles. The highest BCUT2D eigenvalue weighted by molar-refractivity contribution is 5.89. The molecular weight excluding hydrogens is 400 g/mol. The minimum atomic E-state index is -0.00577. The van der Waals surface area contributed by atoms with Crippen LogP contribution < -0.4 is 20.7 Å². The predicted octanol–water partition coefficient (Wildman–Crippen LogP) is 2.11. The Bertz CT molecular complexity index is 1230. The van der Waals surface area contributed by atoms with Crippen LogP contribution in [0.2, 0.25) is 0 Å². The molecule has 0 spiro atoms. The molecule has 32 heavy (non-hydrogen) atoms. The molecule has 2 fully saturated rings. The second-order valence-electron chi connectivity index (χ2n) is 9.36. The molecule has 3 aromatic rings. The Kier molecular flexibility index (Phi) is 4.69. The molecule has 1 N–H and O–H groups in total. The molecule has 3 aliphatic heterocycles. The lowest BCUT2D eigenvalue weighted by Crippen LogP contribution is -2.51. The van der Waals surface area contributed by atoms with Gasteiger partial charge in [-0.05, 0) is 42.3 Å². The molecule has 7 nitrogen and oxygen atoms in total. The molecule has 0 saturated carbocycles. The zero-order valence-electron chi connectivity index (χ0n) is 18.8. The molecule has 6 rings (SSSR count). The Labute approximate surface area is 188 Å². The van der Waals surface area contributed by atoms with Crippen LogP contribution in [-0.2, 0) is 13.6 Å². The quantitative estimate of drug-likeness (QED) is 0.672. The predicted molar refractivity (Wildman–Crippen MR) is 128 cm³/mol. The number of aromatic nitrogens is 2. The number of piperazine rings is 2. The molecule has 2 atom stereocenters. The fourth-order valence-electron chi connectivity index (χ4n) is 5.75. The van der Waals surface area contributed by atoms with Gasteiger partial charge < -0.3 is 15.1 Å². The van der Waals surface area contributed by atoms with Crippen LogP contribution in [0.25, 0.3) is 11.0 Å². The maximum atomic E-state index is 12.7. The number of nitrogens with one attached hydrogen (secondary N) is 1. The lowest BCUT2D eigenvalue weighted by atomic mass is 10.00. The molecule has 3 aliphatic rings. The number of hydrogen-bond acceptors (Lipinski definition) is 6. The average Bonchev–Trinajstić information content (AvgIpc) is 3.20. The summed E-state index contributed by atoms with van der Waals surface area (Å²) in [7, 11) is 1.80.